The molecule has 0 aromatic rings. The third kappa shape index (κ3) is 12.4. The summed E-state index contributed by atoms with van der Waals surface area (Å²) in [6, 6.07) is 0. The van der Waals surface area contributed by atoms with Crippen LogP contribution in [0.15, 0.2) is 11.6 Å². The Morgan fingerprint density at radius 1 is 0.746 bits per heavy atom. The van der Waals surface area contributed by atoms with E-state index in [4.69, 9.17) is 25.7 Å². The zero-order chi connectivity index (χ0) is 41.6. The third-order valence-corrected chi connectivity index (χ3v) is 15.5. The van der Waals surface area contributed by atoms with E-state index in [1.807, 2.05) is 0 Å². The lowest BCUT2D eigenvalue weighted by molar-refractivity contribution is -0.255. The molecule has 5 fully saturated rings. The summed E-state index contributed by atoms with van der Waals surface area (Å²) in [4.78, 5) is 15.2. The molecule has 1 spiro atoms. The van der Waals surface area contributed by atoms with Gasteiger partial charge in [-0.3, -0.25) is 0 Å². The number of ether oxygens (including phenoxy) is 3. The Labute approximate surface area is 357 Å². The molecule has 2 heterocycles. The fourth-order valence-corrected chi connectivity index (χ4v) is 12.1. The number of rotatable bonds is 26. The molecule has 3 saturated carbocycles. The summed E-state index contributed by atoms with van der Waals surface area (Å²) in [6.45, 7) is 23.5. The Morgan fingerprint density at radius 3 is 1.93 bits per heavy atom. The molecular weight excluding hydrogens is 745 g/mol. The number of hydrogen-bond acceptors (Lipinski definition) is 13. The van der Waals surface area contributed by atoms with Crippen LogP contribution >= 0.6 is 0 Å². The van der Waals surface area contributed by atoms with Crippen LogP contribution in [0.25, 0.3) is 0 Å². The van der Waals surface area contributed by atoms with Gasteiger partial charge in [-0.2, -0.15) is 0 Å². The van der Waals surface area contributed by atoms with E-state index in [1.54, 1.807) is 10.5 Å². The number of fused-ring (bicyclic) bond motifs is 7. The van der Waals surface area contributed by atoms with E-state index in [9.17, 15) is 4.79 Å². The molecule has 0 bridgehead atoms. The maximum atomic E-state index is 13.4. The molecule has 10 atom stereocenters. The Hall–Kier alpha value is -1.43. The monoisotopic (exact) mass is 831 g/mol. The second-order valence-corrected chi connectivity index (χ2v) is 19.4. The van der Waals surface area contributed by atoms with Crippen LogP contribution < -0.4 is 48.7 Å². The van der Waals surface area contributed by atoms with Crippen molar-refractivity contribution < 1.29 is 19.0 Å². The lowest BCUT2D eigenvalue weighted by Crippen LogP contribution is -2.51. The Kier molecular flexibility index (Phi) is 18.6. The van der Waals surface area contributed by atoms with Gasteiger partial charge >= 0.3 is 6.09 Å². The van der Waals surface area contributed by atoms with Crippen molar-refractivity contribution in [1.82, 2.24) is 42.1 Å². The van der Waals surface area contributed by atoms with E-state index in [2.05, 4.69) is 64.1 Å². The SMILES string of the molecule is C[C@@H]1CC[C@@]2(C[C@H]3[C@H](C[C@H]4[C@@H]5CC=C6C[C@@H](OC(=O)N(CCN)CCNCCNCCNCCNCCNCCNCCNCCN)CC[C@]6(C)[C@H]5CC[C@@]43C)O2)OC1. The molecule has 0 aromatic carbocycles. The van der Waals surface area contributed by atoms with E-state index < -0.39 is 0 Å². The van der Waals surface area contributed by atoms with Crippen LogP contribution in [0, 0.1) is 40.4 Å². The summed E-state index contributed by atoms with van der Waals surface area (Å²) in [6.07, 6.45) is 13.9. The number of amides is 1. The second-order valence-electron chi connectivity index (χ2n) is 19.4. The van der Waals surface area contributed by atoms with Crippen molar-refractivity contribution in [3.63, 3.8) is 0 Å². The highest BCUT2D eigenvalue weighted by Crippen LogP contribution is 2.69. The zero-order valence-electron chi connectivity index (χ0n) is 37.4. The van der Waals surface area contributed by atoms with Crippen molar-refractivity contribution in [1.29, 1.82) is 0 Å². The van der Waals surface area contributed by atoms with Gasteiger partial charge < -0.3 is 67.8 Å². The minimum absolute atomic E-state index is 0.0578. The van der Waals surface area contributed by atoms with Gasteiger partial charge in [0.1, 0.15) is 6.10 Å². The minimum Gasteiger partial charge on any atom is -0.446 e. The first-order chi connectivity index (χ1) is 28.7. The van der Waals surface area contributed by atoms with E-state index >= 15 is 0 Å². The second kappa shape index (κ2) is 23.3. The molecular formula is C45H86N10O4. The Bertz CT molecular complexity index is 1290. The fourth-order valence-electron chi connectivity index (χ4n) is 12.1. The summed E-state index contributed by atoms with van der Waals surface area (Å²) in [7, 11) is 0. The van der Waals surface area contributed by atoms with E-state index in [-0.39, 0.29) is 23.4 Å². The molecule has 14 heteroatoms. The molecule has 6 rings (SSSR count). The number of hydrogen-bond donors (Lipinski definition) is 9. The topological polar surface area (TPSA) is 184 Å². The standard InChI is InChI=1S/C45H86N10O4/c1-34-6-11-45(57-33-34)32-40-41(59-45)31-39-37-5-4-35-30-36(7-9-43(35,2)38(37)8-10-44(39,40)3)58-42(56)55(28-13-47)29-27-54-26-25-53-24-23-52-22-21-51-20-19-50-18-17-49-16-15-48-14-12-46/h4,34,36-41,48-54H,5-33,46-47H2,1-3H3/t34-,36+,37-,38+,39+,40+,41+,43+,44+,45-/m1/s1. The molecule has 0 radical (unpaired) electrons. The molecule has 2 saturated heterocycles. The summed E-state index contributed by atoms with van der Waals surface area (Å²) >= 11 is 0. The average molecular weight is 831 g/mol. The molecule has 11 N–H and O–H groups in total. The molecule has 59 heavy (non-hydrogen) atoms. The van der Waals surface area contributed by atoms with Gasteiger partial charge in [0.05, 0.1) is 12.7 Å². The van der Waals surface area contributed by atoms with Gasteiger partial charge in [-0.25, -0.2) is 4.79 Å². The van der Waals surface area contributed by atoms with E-state index in [1.165, 1.54) is 25.7 Å². The van der Waals surface area contributed by atoms with Crippen LogP contribution in [0.2, 0.25) is 0 Å². The van der Waals surface area contributed by atoms with Crippen LogP contribution in [-0.2, 0) is 14.2 Å². The molecule has 0 aromatic heterocycles. The number of carbonyl (C=O) groups is 1. The molecule has 1 amide bonds. The van der Waals surface area contributed by atoms with Crippen molar-refractivity contribution in [3.05, 3.63) is 11.6 Å². The van der Waals surface area contributed by atoms with E-state index in [0.717, 1.165) is 149 Å². The number of allylic oxidation sites excluding steroid dienone is 1. The minimum atomic E-state index is -0.307. The van der Waals surface area contributed by atoms with Gasteiger partial charge in [0.2, 0.25) is 0 Å². The number of nitrogens with zero attached hydrogens (tertiary/aromatic N) is 1. The highest BCUT2D eigenvalue weighted by Gasteiger charge is 2.66. The highest BCUT2D eigenvalue weighted by molar-refractivity contribution is 5.68. The molecule has 4 aliphatic carbocycles. The first kappa shape index (κ1) is 47.1. The van der Waals surface area contributed by atoms with Crippen LogP contribution in [0.4, 0.5) is 4.79 Å². The van der Waals surface area contributed by atoms with Gasteiger partial charge in [0.15, 0.2) is 5.79 Å². The third-order valence-electron chi connectivity index (χ3n) is 15.5. The summed E-state index contributed by atoms with van der Waals surface area (Å²) in [5.41, 5.74) is 13.5. The van der Waals surface area contributed by atoms with Crippen molar-refractivity contribution in [3.8, 4) is 0 Å². The summed E-state index contributed by atoms with van der Waals surface area (Å²) < 4.78 is 19.6. The van der Waals surface area contributed by atoms with Crippen molar-refractivity contribution in [2.75, 3.05) is 124 Å². The Balaban J connectivity index is 0.805. The van der Waals surface area contributed by atoms with Gasteiger partial charge in [0, 0.05) is 137 Å². The number of nitrogens with one attached hydrogen (secondary N) is 7. The lowest BCUT2D eigenvalue weighted by atomic mass is 9.47. The largest absolute Gasteiger partial charge is 0.446 e. The lowest BCUT2D eigenvalue weighted by Gasteiger charge is -2.58. The quantitative estimate of drug-likeness (QED) is 0.0456. The van der Waals surface area contributed by atoms with Crippen LogP contribution in [0.3, 0.4) is 0 Å². The zero-order valence-corrected chi connectivity index (χ0v) is 37.4. The maximum absolute atomic E-state index is 13.4. The van der Waals surface area contributed by atoms with Gasteiger partial charge in [-0.1, -0.05) is 32.4 Å². The van der Waals surface area contributed by atoms with Crippen LogP contribution in [-0.4, -0.2) is 153 Å². The highest BCUT2D eigenvalue weighted by atomic mass is 16.7. The van der Waals surface area contributed by atoms with Crippen molar-refractivity contribution >= 4 is 6.09 Å². The summed E-state index contributed by atoms with van der Waals surface area (Å²) in [5.74, 6) is 3.13. The van der Waals surface area contributed by atoms with Crippen molar-refractivity contribution in [2.24, 2.45) is 51.9 Å². The Morgan fingerprint density at radius 2 is 1.36 bits per heavy atom. The fraction of sp³-hybridized carbons (Fsp3) is 0.933. The average Bonchev–Trinajstić information content (AvgIpc) is 3.72. The predicted molar refractivity (Wildman–Crippen MR) is 237 cm³/mol. The van der Waals surface area contributed by atoms with Crippen LogP contribution in [0.1, 0.15) is 85.0 Å². The molecule has 0 unspecified atom stereocenters. The van der Waals surface area contributed by atoms with Gasteiger partial charge in [-0.15, -0.1) is 0 Å². The molecule has 14 nitrogen and oxygen atoms in total. The van der Waals surface area contributed by atoms with Crippen LogP contribution in [0.5, 0.6) is 0 Å². The maximum Gasteiger partial charge on any atom is 0.410 e. The van der Waals surface area contributed by atoms with Gasteiger partial charge in [-0.05, 0) is 85.4 Å². The van der Waals surface area contributed by atoms with Crippen molar-refractivity contribution in [2.45, 2.75) is 103 Å². The molecule has 340 valence electrons. The molecule has 6 aliphatic rings. The smallest absolute Gasteiger partial charge is 0.410 e. The number of carbonyl (C=O) groups excluding carboxylic acids is 1. The predicted octanol–water partition coefficient (Wildman–Crippen LogP) is 1.96. The first-order valence-corrected chi connectivity index (χ1v) is 24.0. The van der Waals surface area contributed by atoms with E-state index in [0.29, 0.717) is 55.5 Å². The molecule has 2 aliphatic heterocycles. The van der Waals surface area contributed by atoms with Gasteiger partial charge in [0.25, 0.3) is 0 Å². The normalized spacial score (nSPS) is 34.9. The summed E-state index contributed by atoms with van der Waals surface area (Å²) in [5, 5.41) is 24.1. The first-order valence-electron chi connectivity index (χ1n) is 24.0. The number of nitrogens with two attached hydrogens (primary N) is 2.